The largest absolute Gasteiger partial charge is 0.338 e. The summed E-state index contributed by atoms with van der Waals surface area (Å²) >= 11 is 0. The molecule has 2 rings (SSSR count). The van der Waals surface area contributed by atoms with Gasteiger partial charge in [-0.1, -0.05) is 0 Å². The van der Waals surface area contributed by atoms with Crippen molar-refractivity contribution in [3.8, 4) is 6.07 Å². The lowest BCUT2D eigenvalue weighted by Gasteiger charge is -2.35. The molecule has 16 heavy (non-hydrogen) atoms. The van der Waals surface area contributed by atoms with Crippen molar-refractivity contribution in [3.05, 3.63) is 18.5 Å². The molecule has 5 nitrogen and oxygen atoms in total. The number of hydrogen-bond donors (Lipinski definition) is 0. The molecule has 2 heterocycles. The molecule has 1 fully saturated rings. The van der Waals surface area contributed by atoms with Gasteiger partial charge in [0, 0.05) is 38.6 Å². The summed E-state index contributed by atoms with van der Waals surface area (Å²) < 4.78 is 0. The van der Waals surface area contributed by atoms with Gasteiger partial charge >= 0.3 is 0 Å². The number of nitrogens with zero attached hydrogens (tertiary/aromatic N) is 5. The first-order valence-corrected chi connectivity index (χ1v) is 5.47. The van der Waals surface area contributed by atoms with E-state index in [1.54, 1.807) is 12.4 Å². The molecule has 0 saturated carbocycles. The minimum Gasteiger partial charge on any atom is -0.338 e. The maximum absolute atomic E-state index is 8.84. The van der Waals surface area contributed by atoms with Gasteiger partial charge in [-0.25, -0.2) is 9.97 Å². The molecule has 1 unspecified atom stereocenters. The van der Waals surface area contributed by atoms with Crippen LogP contribution >= 0.6 is 0 Å². The maximum Gasteiger partial charge on any atom is 0.225 e. The van der Waals surface area contributed by atoms with Gasteiger partial charge in [0.25, 0.3) is 0 Å². The predicted octanol–water partition coefficient (Wildman–Crippen LogP) is 0.511. The van der Waals surface area contributed by atoms with E-state index in [2.05, 4.69) is 25.8 Å². The highest BCUT2D eigenvalue weighted by Gasteiger charge is 2.21. The summed E-state index contributed by atoms with van der Waals surface area (Å²) in [4.78, 5) is 12.8. The van der Waals surface area contributed by atoms with E-state index in [1.165, 1.54) is 0 Å². The van der Waals surface area contributed by atoms with Crippen LogP contribution < -0.4 is 4.90 Å². The van der Waals surface area contributed by atoms with Gasteiger partial charge in [-0.05, 0) is 13.0 Å². The Kier molecular flexibility index (Phi) is 3.32. The SMILES string of the molecule is CC(C#N)N1CCN(c2ncccn2)CC1. The van der Waals surface area contributed by atoms with Crippen molar-refractivity contribution in [2.75, 3.05) is 31.1 Å². The van der Waals surface area contributed by atoms with E-state index >= 15 is 0 Å². The summed E-state index contributed by atoms with van der Waals surface area (Å²) in [5, 5.41) is 8.84. The third-order valence-corrected chi connectivity index (χ3v) is 2.88. The van der Waals surface area contributed by atoms with Crippen LogP contribution in [0.15, 0.2) is 18.5 Å². The van der Waals surface area contributed by atoms with Crippen molar-refractivity contribution in [2.45, 2.75) is 13.0 Å². The Morgan fingerprint density at radius 2 is 1.88 bits per heavy atom. The van der Waals surface area contributed by atoms with Crippen LogP contribution in [0.5, 0.6) is 0 Å². The van der Waals surface area contributed by atoms with Crippen molar-refractivity contribution < 1.29 is 0 Å². The molecule has 0 aliphatic carbocycles. The van der Waals surface area contributed by atoms with Crippen LogP contribution in [0, 0.1) is 11.3 Å². The van der Waals surface area contributed by atoms with Crippen molar-refractivity contribution >= 4 is 5.95 Å². The number of hydrogen-bond acceptors (Lipinski definition) is 5. The number of rotatable bonds is 2. The predicted molar refractivity (Wildman–Crippen MR) is 60.9 cm³/mol. The Morgan fingerprint density at radius 1 is 1.25 bits per heavy atom. The zero-order valence-corrected chi connectivity index (χ0v) is 9.37. The quantitative estimate of drug-likeness (QED) is 0.722. The van der Waals surface area contributed by atoms with Gasteiger partial charge in [-0.3, -0.25) is 4.90 Å². The van der Waals surface area contributed by atoms with Gasteiger partial charge < -0.3 is 4.90 Å². The maximum atomic E-state index is 8.84. The molecule has 0 bridgehead atoms. The Hall–Kier alpha value is -1.67. The third-order valence-electron chi connectivity index (χ3n) is 2.88. The van der Waals surface area contributed by atoms with E-state index in [0.29, 0.717) is 0 Å². The molecule has 1 aliphatic rings. The van der Waals surface area contributed by atoms with E-state index < -0.39 is 0 Å². The van der Waals surface area contributed by atoms with Crippen molar-refractivity contribution in [1.29, 1.82) is 5.26 Å². The van der Waals surface area contributed by atoms with Crippen molar-refractivity contribution in [3.63, 3.8) is 0 Å². The Morgan fingerprint density at radius 3 is 2.44 bits per heavy atom. The monoisotopic (exact) mass is 217 g/mol. The third kappa shape index (κ3) is 2.28. The lowest BCUT2D eigenvalue weighted by molar-refractivity contribution is 0.230. The summed E-state index contributed by atoms with van der Waals surface area (Å²) in [7, 11) is 0. The molecule has 0 amide bonds. The summed E-state index contributed by atoms with van der Waals surface area (Å²) in [6.07, 6.45) is 3.51. The van der Waals surface area contributed by atoms with Crippen LogP contribution in [-0.2, 0) is 0 Å². The normalized spacial score (nSPS) is 19.1. The highest BCUT2D eigenvalue weighted by molar-refractivity contribution is 5.29. The van der Waals surface area contributed by atoms with Gasteiger partial charge in [0.05, 0.1) is 12.1 Å². The first-order valence-electron chi connectivity index (χ1n) is 5.47. The lowest BCUT2D eigenvalue weighted by Crippen LogP contribution is -2.49. The summed E-state index contributed by atoms with van der Waals surface area (Å²) in [5.41, 5.74) is 0. The molecular formula is C11H15N5. The van der Waals surface area contributed by atoms with E-state index in [0.717, 1.165) is 32.1 Å². The van der Waals surface area contributed by atoms with E-state index in [-0.39, 0.29) is 6.04 Å². The van der Waals surface area contributed by atoms with Crippen LogP contribution in [0.3, 0.4) is 0 Å². The van der Waals surface area contributed by atoms with Gasteiger partial charge in [-0.2, -0.15) is 5.26 Å². The number of nitriles is 1. The van der Waals surface area contributed by atoms with Crippen molar-refractivity contribution in [1.82, 2.24) is 14.9 Å². The molecule has 1 aromatic heterocycles. The minimum atomic E-state index is -0.00107. The second-order valence-corrected chi connectivity index (χ2v) is 3.88. The lowest BCUT2D eigenvalue weighted by atomic mass is 10.2. The number of aromatic nitrogens is 2. The summed E-state index contributed by atoms with van der Waals surface area (Å²) in [5.74, 6) is 0.784. The van der Waals surface area contributed by atoms with Gasteiger partial charge in [0.1, 0.15) is 0 Å². The zero-order valence-electron chi connectivity index (χ0n) is 9.37. The highest BCUT2D eigenvalue weighted by Crippen LogP contribution is 2.11. The second kappa shape index (κ2) is 4.90. The standard InChI is InChI=1S/C11H15N5/c1-10(9-12)15-5-7-16(8-6-15)11-13-3-2-4-14-11/h2-4,10H,5-8H2,1H3. The van der Waals surface area contributed by atoms with Crippen LogP contribution in [0.4, 0.5) is 5.95 Å². The molecular weight excluding hydrogens is 202 g/mol. The first-order chi connectivity index (χ1) is 7.81. The van der Waals surface area contributed by atoms with E-state index in [1.807, 2.05) is 13.0 Å². The highest BCUT2D eigenvalue weighted by atomic mass is 15.3. The van der Waals surface area contributed by atoms with Crippen molar-refractivity contribution in [2.24, 2.45) is 0 Å². The fraction of sp³-hybridized carbons (Fsp3) is 0.545. The fourth-order valence-corrected chi connectivity index (χ4v) is 1.85. The summed E-state index contributed by atoms with van der Waals surface area (Å²) in [6, 6.07) is 4.08. The van der Waals surface area contributed by atoms with Crippen LogP contribution in [0.1, 0.15) is 6.92 Å². The molecule has 0 N–H and O–H groups in total. The topological polar surface area (TPSA) is 56.1 Å². The van der Waals surface area contributed by atoms with Crippen LogP contribution in [-0.4, -0.2) is 47.1 Å². The Balaban J connectivity index is 1.94. The average molecular weight is 217 g/mol. The fourth-order valence-electron chi connectivity index (χ4n) is 1.85. The first kappa shape index (κ1) is 10.8. The van der Waals surface area contributed by atoms with Gasteiger partial charge in [0.15, 0.2) is 0 Å². The molecule has 0 spiro atoms. The van der Waals surface area contributed by atoms with E-state index in [9.17, 15) is 0 Å². The number of piperazine rings is 1. The average Bonchev–Trinajstić information content (AvgIpc) is 2.39. The smallest absolute Gasteiger partial charge is 0.225 e. The molecule has 1 aliphatic heterocycles. The number of anilines is 1. The molecule has 84 valence electrons. The zero-order chi connectivity index (χ0) is 11.4. The molecule has 1 aromatic rings. The van der Waals surface area contributed by atoms with Crippen LogP contribution in [0.25, 0.3) is 0 Å². The summed E-state index contributed by atoms with van der Waals surface area (Å²) in [6.45, 7) is 5.50. The minimum absolute atomic E-state index is 0.00107. The molecule has 1 saturated heterocycles. The Labute approximate surface area is 95.3 Å². The van der Waals surface area contributed by atoms with E-state index in [4.69, 9.17) is 5.26 Å². The molecule has 5 heteroatoms. The van der Waals surface area contributed by atoms with Crippen LogP contribution in [0.2, 0.25) is 0 Å². The second-order valence-electron chi connectivity index (χ2n) is 3.88. The van der Waals surface area contributed by atoms with Gasteiger partial charge in [-0.15, -0.1) is 0 Å². The molecule has 0 aromatic carbocycles. The molecule has 1 atom stereocenters. The Bertz CT molecular complexity index is 364. The van der Waals surface area contributed by atoms with Gasteiger partial charge in [0.2, 0.25) is 5.95 Å². The molecule has 0 radical (unpaired) electrons.